The molecule has 0 saturated carbocycles. The summed E-state index contributed by atoms with van der Waals surface area (Å²) in [5.41, 5.74) is 3.83. The quantitative estimate of drug-likeness (QED) is 0.379. The Kier molecular flexibility index (Phi) is 7.31. The second-order valence-corrected chi connectivity index (χ2v) is 8.81. The van der Waals surface area contributed by atoms with Gasteiger partial charge in [0.05, 0.1) is 43.0 Å². The predicted molar refractivity (Wildman–Crippen MR) is 110 cm³/mol. The van der Waals surface area contributed by atoms with Crippen molar-refractivity contribution in [3.63, 3.8) is 0 Å². The smallest absolute Gasteiger partial charge is 0.311 e. The van der Waals surface area contributed by atoms with E-state index in [9.17, 15) is 13.2 Å². The first-order valence-corrected chi connectivity index (χ1v) is 11.4. The maximum Gasteiger partial charge on any atom is 0.311 e. The highest BCUT2D eigenvalue weighted by atomic mass is 32.2. The number of sulfonamides is 1. The van der Waals surface area contributed by atoms with Crippen molar-refractivity contribution in [1.29, 1.82) is 0 Å². The molecule has 0 bridgehead atoms. The second-order valence-electron chi connectivity index (χ2n) is 6.05. The van der Waals surface area contributed by atoms with Crippen LogP contribution in [0.3, 0.4) is 0 Å². The van der Waals surface area contributed by atoms with Crippen LogP contribution in [0.5, 0.6) is 0 Å². The minimum atomic E-state index is -3.63. The number of nitrogens with zero attached hydrogens (tertiary/aromatic N) is 3. The van der Waals surface area contributed by atoms with E-state index in [1.165, 1.54) is 21.9 Å². The molecule has 1 aromatic heterocycles. The molecule has 0 unspecified atom stereocenters. The van der Waals surface area contributed by atoms with E-state index in [2.05, 4.69) is 15.5 Å². The number of hydrazone groups is 1. The van der Waals surface area contributed by atoms with Gasteiger partial charge in [-0.15, -0.1) is 11.3 Å². The first kappa shape index (κ1) is 21.4. The van der Waals surface area contributed by atoms with E-state index in [4.69, 9.17) is 9.47 Å². The minimum absolute atomic E-state index is 0.0936. The molecule has 29 heavy (non-hydrogen) atoms. The zero-order chi connectivity index (χ0) is 20.7. The molecule has 1 aliphatic heterocycles. The number of anilines is 1. The van der Waals surface area contributed by atoms with Crippen molar-refractivity contribution in [2.45, 2.75) is 18.2 Å². The van der Waals surface area contributed by atoms with Crippen molar-refractivity contribution in [1.82, 2.24) is 9.29 Å². The van der Waals surface area contributed by atoms with E-state index < -0.39 is 10.0 Å². The lowest BCUT2D eigenvalue weighted by Gasteiger charge is -2.26. The molecule has 1 fully saturated rings. The van der Waals surface area contributed by atoms with E-state index in [1.54, 1.807) is 36.6 Å². The van der Waals surface area contributed by atoms with Crippen LogP contribution in [-0.2, 0) is 30.7 Å². The second kappa shape index (κ2) is 9.92. The van der Waals surface area contributed by atoms with Crippen LogP contribution in [0.25, 0.3) is 0 Å². The van der Waals surface area contributed by atoms with Gasteiger partial charge in [0.25, 0.3) is 0 Å². The number of morpholine rings is 1. The third-order valence-corrected chi connectivity index (χ3v) is 6.82. The normalized spacial score (nSPS) is 15.5. The van der Waals surface area contributed by atoms with Gasteiger partial charge in [-0.2, -0.15) is 9.41 Å². The standard InChI is InChI=1S/C18H22N4O5S2/c1-2-27-17(23)11-15-13-28-18(20-15)21-19-12-14-5-3-4-6-16(14)29(24,25)22-7-9-26-10-8-22/h3-6,12-13H,2,7-11H2,1H3,(H,20,21). The van der Waals surface area contributed by atoms with Crippen molar-refractivity contribution in [2.24, 2.45) is 5.10 Å². The summed E-state index contributed by atoms with van der Waals surface area (Å²) in [6.07, 6.45) is 1.54. The summed E-state index contributed by atoms with van der Waals surface area (Å²) < 4.78 is 37.4. The Bertz CT molecular complexity index is 968. The third-order valence-electron chi connectivity index (χ3n) is 4.05. The van der Waals surface area contributed by atoms with E-state index in [1.807, 2.05) is 0 Å². The molecule has 1 N–H and O–H groups in total. The maximum atomic E-state index is 12.9. The molecule has 0 spiro atoms. The Labute approximate surface area is 173 Å². The number of rotatable bonds is 8. The van der Waals surface area contributed by atoms with Crippen molar-refractivity contribution in [2.75, 3.05) is 38.3 Å². The molecule has 0 aliphatic carbocycles. The SMILES string of the molecule is CCOC(=O)Cc1csc(NN=Cc2ccccc2S(=O)(=O)N2CCOCC2)n1. The highest BCUT2D eigenvalue weighted by molar-refractivity contribution is 7.89. The lowest BCUT2D eigenvalue weighted by atomic mass is 10.2. The molecule has 9 nitrogen and oxygen atoms in total. The number of esters is 1. The van der Waals surface area contributed by atoms with Crippen LogP contribution in [0.2, 0.25) is 0 Å². The molecule has 0 atom stereocenters. The Morgan fingerprint density at radius 3 is 2.90 bits per heavy atom. The Morgan fingerprint density at radius 1 is 1.38 bits per heavy atom. The van der Waals surface area contributed by atoms with Crippen LogP contribution in [0.4, 0.5) is 5.13 Å². The number of aromatic nitrogens is 1. The van der Waals surface area contributed by atoms with Gasteiger partial charge in [0, 0.05) is 24.0 Å². The minimum Gasteiger partial charge on any atom is -0.466 e. The summed E-state index contributed by atoms with van der Waals surface area (Å²) in [5, 5.41) is 6.35. The lowest BCUT2D eigenvalue weighted by Crippen LogP contribution is -2.40. The highest BCUT2D eigenvalue weighted by Gasteiger charge is 2.27. The van der Waals surface area contributed by atoms with Crippen LogP contribution in [0.1, 0.15) is 18.2 Å². The molecule has 156 valence electrons. The van der Waals surface area contributed by atoms with Gasteiger partial charge in [-0.05, 0) is 13.0 Å². The number of thiazole rings is 1. The molecule has 2 aromatic rings. The van der Waals surface area contributed by atoms with E-state index >= 15 is 0 Å². The monoisotopic (exact) mass is 438 g/mol. The molecule has 0 radical (unpaired) electrons. The number of benzene rings is 1. The van der Waals surface area contributed by atoms with Crippen molar-refractivity contribution in [3.8, 4) is 0 Å². The molecule has 1 aliphatic rings. The zero-order valence-electron chi connectivity index (χ0n) is 15.9. The average Bonchev–Trinajstić information content (AvgIpc) is 3.16. The van der Waals surface area contributed by atoms with Crippen molar-refractivity contribution >= 4 is 38.7 Å². The highest BCUT2D eigenvalue weighted by Crippen LogP contribution is 2.21. The third kappa shape index (κ3) is 5.60. The average molecular weight is 439 g/mol. The number of hydrogen-bond acceptors (Lipinski definition) is 9. The van der Waals surface area contributed by atoms with Gasteiger partial charge in [-0.1, -0.05) is 18.2 Å². The summed E-state index contributed by atoms with van der Waals surface area (Å²) in [6.45, 7) is 3.50. The number of carbonyl (C=O) groups is 1. The molecule has 1 saturated heterocycles. The number of ether oxygens (including phenoxy) is 2. The van der Waals surface area contributed by atoms with Crippen LogP contribution < -0.4 is 5.43 Å². The molecule has 2 heterocycles. The fraction of sp³-hybridized carbons (Fsp3) is 0.389. The Balaban J connectivity index is 1.69. The lowest BCUT2D eigenvalue weighted by molar-refractivity contribution is -0.142. The van der Waals surface area contributed by atoms with Crippen LogP contribution >= 0.6 is 11.3 Å². The molecule has 3 rings (SSSR count). The number of hydrogen-bond donors (Lipinski definition) is 1. The topological polar surface area (TPSA) is 110 Å². The zero-order valence-corrected chi connectivity index (χ0v) is 17.5. The van der Waals surface area contributed by atoms with E-state index in [0.717, 1.165) is 0 Å². The molecule has 1 aromatic carbocycles. The number of carbonyl (C=O) groups excluding carboxylic acids is 1. The summed E-state index contributed by atoms with van der Waals surface area (Å²) in [6, 6.07) is 6.68. The van der Waals surface area contributed by atoms with Crippen LogP contribution in [-0.4, -0.2) is 62.8 Å². The summed E-state index contributed by atoms with van der Waals surface area (Å²) in [4.78, 5) is 16.0. The van der Waals surface area contributed by atoms with E-state index in [-0.39, 0.29) is 17.3 Å². The summed E-state index contributed by atoms with van der Waals surface area (Å²) >= 11 is 1.29. The first-order valence-electron chi connectivity index (χ1n) is 9.06. The van der Waals surface area contributed by atoms with Crippen LogP contribution in [0, 0.1) is 0 Å². The predicted octanol–water partition coefficient (Wildman–Crippen LogP) is 1.72. The van der Waals surface area contributed by atoms with E-state index in [0.29, 0.717) is 49.3 Å². The summed E-state index contributed by atoms with van der Waals surface area (Å²) in [5.74, 6) is -0.338. The van der Waals surface area contributed by atoms with Gasteiger partial charge in [-0.25, -0.2) is 13.4 Å². The largest absolute Gasteiger partial charge is 0.466 e. The molecular formula is C18H22N4O5S2. The van der Waals surface area contributed by atoms with Crippen molar-refractivity contribution < 1.29 is 22.7 Å². The van der Waals surface area contributed by atoms with Crippen molar-refractivity contribution in [3.05, 3.63) is 40.9 Å². The molecule has 11 heteroatoms. The van der Waals surface area contributed by atoms with Gasteiger partial charge in [-0.3, -0.25) is 10.2 Å². The maximum absolute atomic E-state index is 12.9. The molecular weight excluding hydrogens is 416 g/mol. The summed E-state index contributed by atoms with van der Waals surface area (Å²) in [7, 11) is -3.63. The number of nitrogens with one attached hydrogen (secondary N) is 1. The molecule has 0 amide bonds. The van der Waals surface area contributed by atoms with Gasteiger partial charge >= 0.3 is 5.97 Å². The van der Waals surface area contributed by atoms with Gasteiger partial charge in [0.2, 0.25) is 15.2 Å². The first-order chi connectivity index (χ1) is 14.0. The fourth-order valence-electron chi connectivity index (χ4n) is 2.70. The Hall–Kier alpha value is -2.34. The Morgan fingerprint density at radius 2 is 2.14 bits per heavy atom. The van der Waals surface area contributed by atoms with Gasteiger partial charge in [0.15, 0.2) is 0 Å². The van der Waals surface area contributed by atoms with Gasteiger partial charge < -0.3 is 9.47 Å². The van der Waals surface area contributed by atoms with Gasteiger partial charge in [0.1, 0.15) is 0 Å². The fourth-order valence-corrected chi connectivity index (χ4v) is 4.94. The van der Waals surface area contributed by atoms with Crippen LogP contribution in [0.15, 0.2) is 39.6 Å².